The highest BCUT2D eigenvalue weighted by Gasteiger charge is 2.05. The fourth-order valence-electron chi connectivity index (χ4n) is 1.75. The number of aryl methyl sites for hydroxylation is 1. The molecule has 2 rings (SSSR count). The Morgan fingerprint density at radius 2 is 2.16 bits per heavy atom. The summed E-state index contributed by atoms with van der Waals surface area (Å²) in [7, 11) is 0. The molecule has 0 radical (unpaired) electrons. The number of hydrogen-bond donors (Lipinski definition) is 1. The highest BCUT2D eigenvalue weighted by Crippen LogP contribution is 2.32. The third kappa shape index (κ3) is 3.96. The van der Waals surface area contributed by atoms with Crippen LogP contribution in [0.3, 0.4) is 0 Å². The van der Waals surface area contributed by atoms with Crippen LogP contribution in [-0.2, 0) is 6.54 Å². The molecule has 1 aromatic carbocycles. The average molecular weight is 293 g/mol. The molecule has 0 saturated heterocycles. The zero-order chi connectivity index (χ0) is 13.7. The molecular weight excluding hydrogens is 276 g/mol. The van der Waals surface area contributed by atoms with E-state index in [0.717, 1.165) is 18.1 Å². The number of benzene rings is 1. The lowest BCUT2D eigenvalue weighted by Crippen LogP contribution is -2.12. The van der Waals surface area contributed by atoms with E-state index in [0.29, 0.717) is 5.02 Å². The van der Waals surface area contributed by atoms with Crippen molar-refractivity contribution in [2.24, 2.45) is 0 Å². The van der Waals surface area contributed by atoms with Gasteiger partial charge in [-0.2, -0.15) is 0 Å². The number of pyridine rings is 1. The molecule has 1 aromatic heterocycles. The molecule has 0 aliphatic rings. The second-order valence-corrected chi connectivity index (χ2v) is 5.73. The third-order valence-corrected chi connectivity index (χ3v) is 4.24. The van der Waals surface area contributed by atoms with Crippen molar-refractivity contribution in [2.75, 3.05) is 6.54 Å². The molecule has 0 amide bonds. The van der Waals surface area contributed by atoms with E-state index in [1.165, 1.54) is 16.0 Å². The van der Waals surface area contributed by atoms with Gasteiger partial charge in [-0.05, 0) is 48.9 Å². The summed E-state index contributed by atoms with van der Waals surface area (Å²) in [6.45, 7) is 6.15. The Labute approximate surface area is 123 Å². The molecule has 4 heteroatoms. The lowest BCUT2D eigenvalue weighted by molar-refractivity contribution is 0.723. The predicted molar refractivity (Wildman–Crippen MR) is 81.9 cm³/mol. The Morgan fingerprint density at radius 3 is 2.84 bits per heavy atom. The Hall–Kier alpha value is -1.03. The molecule has 2 aromatic rings. The van der Waals surface area contributed by atoms with Crippen LogP contribution < -0.4 is 5.32 Å². The van der Waals surface area contributed by atoms with Gasteiger partial charge in [-0.15, -0.1) is 0 Å². The molecule has 100 valence electrons. The molecule has 0 aliphatic carbocycles. The van der Waals surface area contributed by atoms with Crippen molar-refractivity contribution in [1.82, 2.24) is 10.3 Å². The number of nitrogens with zero attached hydrogens (tertiary/aromatic N) is 1. The van der Waals surface area contributed by atoms with Crippen LogP contribution in [0.2, 0.25) is 5.02 Å². The van der Waals surface area contributed by atoms with E-state index in [-0.39, 0.29) is 0 Å². The first-order chi connectivity index (χ1) is 9.20. The van der Waals surface area contributed by atoms with Crippen LogP contribution in [0.15, 0.2) is 46.5 Å². The fourth-order valence-corrected chi connectivity index (χ4v) is 2.86. The second-order valence-electron chi connectivity index (χ2n) is 4.26. The Bertz CT molecular complexity index is 558. The lowest BCUT2D eigenvalue weighted by atomic mass is 10.1. The van der Waals surface area contributed by atoms with Crippen molar-refractivity contribution in [3.05, 3.63) is 52.7 Å². The van der Waals surface area contributed by atoms with Crippen LogP contribution >= 0.6 is 23.4 Å². The summed E-state index contributed by atoms with van der Waals surface area (Å²) in [5.41, 5.74) is 2.62. The monoisotopic (exact) mass is 292 g/mol. The van der Waals surface area contributed by atoms with Crippen LogP contribution in [0.5, 0.6) is 0 Å². The van der Waals surface area contributed by atoms with Crippen molar-refractivity contribution in [3.8, 4) is 0 Å². The molecule has 0 fully saturated rings. The van der Waals surface area contributed by atoms with Gasteiger partial charge >= 0.3 is 0 Å². The largest absolute Gasteiger partial charge is 0.313 e. The molecule has 0 aliphatic heterocycles. The normalized spacial score (nSPS) is 10.7. The van der Waals surface area contributed by atoms with E-state index in [9.17, 15) is 0 Å². The minimum atomic E-state index is 0.696. The number of nitrogens with one attached hydrogen (secondary N) is 1. The van der Waals surface area contributed by atoms with Crippen LogP contribution in [-0.4, -0.2) is 11.5 Å². The summed E-state index contributed by atoms with van der Waals surface area (Å²) in [6, 6.07) is 10.2. The third-order valence-electron chi connectivity index (χ3n) is 2.82. The quantitative estimate of drug-likeness (QED) is 0.889. The maximum absolute atomic E-state index is 6.12. The summed E-state index contributed by atoms with van der Waals surface area (Å²) in [5.74, 6) is 0. The Balaban J connectivity index is 2.14. The highest BCUT2D eigenvalue weighted by molar-refractivity contribution is 7.99. The van der Waals surface area contributed by atoms with Crippen LogP contribution in [0.4, 0.5) is 0 Å². The predicted octanol–water partition coefficient (Wildman–Crippen LogP) is 4.30. The molecular formula is C15H17ClN2S. The summed E-state index contributed by atoms with van der Waals surface area (Å²) in [5, 5.41) is 4.89. The minimum Gasteiger partial charge on any atom is -0.313 e. The number of hydrogen-bond acceptors (Lipinski definition) is 3. The average Bonchev–Trinajstić information content (AvgIpc) is 2.40. The standard InChI is InChI=1S/C15H17ClN2S/c1-3-17-10-12-6-7-13(9-11(12)2)19-15-14(16)5-4-8-18-15/h4-9,17H,3,10H2,1-2H3. The number of rotatable bonds is 5. The summed E-state index contributed by atoms with van der Waals surface area (Å²) in [4.78, 5) is 5.46. The van der Waals surface area contributed by atoms with Gasteiger partial charge < -0.3 is 5.32 Å². The van der Waals surface area contributed by atoms with Gasteiger partial charge in [0.25, 0.3) is 0 Å². The van der Waals surface area contributed by atoms with Crippen molar-refractivity contribution in [1.29, 1.82) is 0 Å². The van der Waals surface area contributed by atoms with Gasteiger partial charge in [0.1, 0.15) is 5.03 Å². The molecule has 19 heavy (non-hydrogen) atoms. The number of aromatic nitrogens is 1. The highest BCUT2D eigenvalue weighted by atomic mass is 35.5. The first kappa shape index (κ1) is 14.4. The topological polar surface area (TPSA) is 24.9 Å². The zero-order valence-electron chi connectivity index (χ0n) is 11.1. The van der Waals surface area contributed by atoms with Gasteiger partial charge in [0.05, 0.1) is 5.02 Å². The van der Waals surface area contributed by atoms with E-state index < -0.39 is 0 Å². The van der Waals surface area contributed by atoms with Gasteiger partial charge in [0.15, 0.2) is 0 Å². The lowest BCUT2D eigenvalue weighted by Gasteiger charge is -2.09. The zero-order valence-corrected chi connectivity index (χ0v) is 12.7. The minimum absolute atomic E-state index is 0.696. The van der Waals surface area contributed by atoms with Crippen LogP contribution in [0, 0.1) is 6.92 Å². The van der Waals surface area contributed by atoms with Crippen molar-refractivity contribution < 1.29 is 0 Å². The summed E-state index contributed by atoms with van der Waals surface area (Å²) >= 11 is 7.72. The maximum Gasteiger partial charge on any atom is 0.119 e. The van der Waals surface area contributed by atoms with Gasteiger partial charge in [0.2, 0.25) is 0 Å². The van der Waals surface area contributed by atoms with Gasteiger partial charge in [-0.3, -0.25) is 0 Å². The van der Waals surface area contributed by atoms with E-state index in [1.807, 2.05) is 12.1 Å². The maximum atomic E-state index is 6.12. The summed E-state index contributed by atoms with van der Waals surface area (Å²) < 4.78 is 0. The Morgan fingerprint density at radius 1 is 1.32 bits per heavy atom. The van der Waals surface area contributed by atoms with Gasteiger partial charge in [-0.25, -0.2) is 4.98 Å². The van der Waals surface area contributed by atoms with Crippen LogP contribution in [0.1, 0.15) is 18.1 Å². The van der Waals surface area contributed by atoms with E-state index >= 15 is 0 Å². The van der Waals surface area contributed by atoms with Gasteiger partial charge in [0, 0.05) is 17.6 Å². The molecule has 2 nitrogen and oxygen atoms in total. The van der Waals surface area contributed by atoms with Crippen molar-refractivity contribution >= 4 is 23.4 Å². The first-order valence-electron chi connectivity index (χ1n) is 6.29. The molecule has 1 N–H and O–H groups in total. The Kier molecular flexibility index (Phi) is 5.25. The first-order valence-corrected chi connectivity index (χ1v) is 7.48. The van der Waals surface area contributed by atoms with E-state index in [2.05, 4.69) is 42.3 Å². The fraction of sp³-hybridized carbons (Fsp3) is 0.267. The molecule has 0 spiro atoms. The molecule has 0 unspecified atom stereocenters. The van der Waals surface area contributed by atoms with Crippen LogP contribution in [0.25, 0.3) is 0 Å². The van der Waals surface area contributed by atoms with E-state index in [4.69, 9.17) is 11.6 Å². The van der Waals surface area contributed by atoms with Crippen molar-refractivity contribution in [3.63, 3.8) is 0 Å². The number of halogens is 1. The molecule has 0 saturated carbocycles. The van der Waals surface area contributed by atoms with E-state index in [1.54, 1.807) is 18.0 Å². The second kappa shape index (κ2) is 6.94. The SMILES string of the molecule is CCNCc1ccc(Sc2ncccc2Cl)cc1C. The van der Waals surface area contributed by atoms with Gasteiger partial charge in [-0.1, -0.05) is 36.4 Å². The smallest absolute Gasteiger partial charge is 0.119 e. The molecule has 0 bridgehead atoms. The molecule has 0 atom stereocenters. The van der Waals surface area contributed by atoms with Crippen molar-refractivity contribution in [2.45, 2.75) is 30.3 Å². The molecule has 1 heterocycles. The summed E-state index contributed by atoms with van der Waals surface area (Å²) in [6.07, 6.45) is 1.76.